The molecule has 4 bridgehead atoms. The summed E-state index contributed by atoms with van der Waals surface area (Å²) in [5, 5.41) is 11.5. The number of hydrogen-bond donors (Lipinski definition) is 1. The average molecular weight is 448 g/mol. The SMILES string of the molecule is Cc1nn(Cc2noc(C(=O)NCC34CC5CC(CC(C5)C3)C4)n2)c(C)c1Br. The molecule has 0 aliphatic heterocycles. The highest BCUT2D eigenvalue weighted by molar-refractivity contribution is 9.10. The van der Waals surface area contributed by atoms with Crippen LogP contribution in [0.1, 0.15) is 66.4 Å². The number of carbonyl (C=O) groups is 1. The number of rotatable bonds is 5. The number of carbonyl (C=O) groups excluding carboxylic acids is 1. The first kappa shape index (κ1) is 18.3. The van der Waals surface area contributed by atoms with Gasteiger partial charge in [-0.05, 0) is 91.5 Å². The van der Waals surface area contributed by atoms with Gasteiger partial charge in [-0.3, -0.25) is 9.48 Å². The summed E-state index contributed by atoms with van der Waals surface area (Å²) < 4.78 is 8.00. The van der Waals surface area contributed by atoms with Crippen LogP contribution in [-0.4, -0.2) is 32.4 Å². The monoisotopic (exact) mass is 447 g/mol. The van der Waals surface area contributed by atoms with Crippen LogP contribution < -0.4 is 5.32 Å². The van der Waals surface area contributed by atoms with Gasteiger partial charge < -0.3 is 9.84 Å². The van der Waals surface area contributed by atoms with Gasteiger partial charge in [0, 0.05) is 6.54 Å². The van der Waals surface area contributed by atoms with Crippen LogP contribution in [0.3, 0.4) is 0 Å². The first-order chi connectivity index (χ1) is 13.4. The van der Waals surface area contributed by atoms with Gasteiger partial charge in [-0.2, -0.15) is 10.1 Å². The third-order valence-corrected chi connectivity index (χ3v) is 8.18. The Bertz CT molecular complexity index is 883. The molecule has 0 aromatic carbocycles. The Labute approximate surface area is 172 Å². The van der Waals surface area contributed by atoms with Crippen molar-refractivity contribution in [2.24, 2.45) is 23.2 Å². The molecule has 4 aliphatic rings. The van der Waals surface area contributed by atoms with Gasteiger partial charge in [0.1, 0.15) is 6.54 Å². The van der Waals surface area contributed by atoms with E-state index in [1.54, 1.807) is 4.68 Å². The summed E-state index contributed by atoms with van der Waals surface area (Å²) >= 11 is 3.52. The molecule has 1 N–H and O–H groups in total. The molecule has 0 saturated heterocycles. The fourth-order valence-corrected chi connectivity index (χ4v) is 6.51. The van der Waals surface area contributed by atoms with Crippen molar-refractivity contribution in [3.63, 3.8) is 0 Å². The molecule has 0 radical (unpaired) electrons. The van der Waals surface area contributed by atoms with Crippen LogP contribution in [0.5, 0.6) is 0 Å². The molecule has 8 heteroatoms. The summed E-state index contributed by atoms with van der Waals surface area (Å²) in [5.74, 6) is 2.86. The van der Waals surface area contributed by atoms with Gasteiger partial charge >= 0.3 is 11.8 Å². The second-order valence-electron chi connectivity index (χ2n) is 9.26. The molecular weight excluding hydrogens is 422 g/mol. The van der Waals surface area contributed by atoms with Crippen molar-refractivity contribution in [1.82, 2.24) is 25.2 Å². The van der Waals surface area contributed by atoms with Crippen molar-refractivity contribution in [2.45, 2.75) is 58.9 Å². The molecule has 150 valence electrons. The molecule has 4 saturated carbocycles. The standard InChI is InChI=1S/C20H26BrN5O2/c1-11-17(21)12(2)26(24-11)9-16-23-19(28-25-16)18(27)22-10-20-6-13-3-14(7-20)5-15(4-13)8-20/h13-15H,3-10H2,1-2H3,(H,22,27). The van der Waals surface area contributed by atoms with Crippen molar-refractivity contribution >= 4 is 21.8 Å². The molecule has 0 atom stereocenters. The minimum atomic E-state index is -0.260. The number of nitrogens with zero attached hydrogens (tertiary/aromatic N) is 4. The van der Waals surface area contributed by atoms with Gasteiger partial charge in [-0.1, -0.05) is 5.16 Å². The van der Waals surface area contributed by atoms with Crippen LogP contribution in [-0.2, 0) is 6.54 Å². The van der Waals surface area contributed by atoms with E-state index in [4.69, 9.17) is 4.52 Å². The maximum Gasteiger partial charge on any atom is 0.316 e. The number of aromatic nitrogens is 4. The molecule has 7 nitrogen and oxygen atoms in total. The average Bonchev–Trinajstić information content (AvgIpc) is 3.20. The predicted octanol–water partition coefficient (Wildman–Crippen LogP) is 3.64. The predicted molar refractivity (Wildman–Crippen MR) is 106 cm³/mol. The number of aryl methyl sites for hydroxylation is 1. The fourth-order valence-electron chi connectivity index (χ4n) is 6.22. The van der Waals surface area contributed by atoms with E-state index in [0.717, 1.165) is 40.2 Å². The van der Waals surface area contributed by atoms with Crippen molar-refractivity contribution in [3.8, 4) is 0 Å². The van der Waals surface area contributed by atoms with Crippen molar-refractivity contribution in [3.05, 3.63) is 27.6 Å². The van der Waals surface area contributed by atoms with Gasteiger partial charge in [-0.25, -0.2) is 0 Å². The molecule has 6 rings (SSSR count). The number of amides is 1. The second kappa shape index (κ2) is 6.68. The van der Waals surface area contributed by atoms with Gasteiger partial charge in [0.25, 0.3) is 0 Å². The maximum atomic E-state index is 12.6. The molecule has 2 heterocycles. The first-order valence-electron chi connectivity index (χ1n) is 10.2. The van der Waals surface area contributed by atoms with Crippen LogP contribution in [0.25, 0.3) is 0 Å². The smallest absolute Gasteiger partial charge is 0.316 e. The Kier molecular flexibility index (Phi) is 4.37. The van der Waals surface area contributed by atoms with Crippen LogP contribution in [0.4, 0.5) is 0 Å². The Morgan fingerprint density at radius 1 is 1.21 bits per heavy atom. The van der Waals surface area contributed by atoms with Gasteiger partial charge in [0.2, 0.25) is 0 Å². The van der Waals surface area contributed by atoms with E-state index in [1.165, 1.54) is 38.5 Å². The summed E-state index contributed by atoms with van der Waals surface area (Å²) in [6.07, 6.45) is 8.01. The minimum Gasteiger partial charge on any atom is -0.347 e. The molecule has 4 aliphatic carbocycles. The fraction of sp³-hybridized carbons (Fsp3) is 0.700. The zero-order chi connectivity index (χ0) is 19.5. The highest BCUT2D eigenvalue weighted by Crippen LogP contribution is 2.59. The second-order valence-corrected chi connectivity index (χ2v) is 10.1. The van der Waals surface area contributed by atoms with E-state index in [9.17, 15) is 4.79 Å². The summed E-state index contributed by atoms with van der Waals surface area (Å²) in [6, 6.07) is 0. The molecule has 2 aromatic rings. The summed E-state index contributed by atoms with van der Waals surface area (Å²) in [6.45, 7) is 5.03. The molecule has 4 fully saturated rings. The van der Waals surface area contributed by atoms with Crippen molar-refractivity contribution in [2.75, 3.05) is 6.54 Å². The van der Waals surface area contributed by atoms with Gasteiger partial charge in [0.15, 0.2) is 5.82 Å². The highest BCUT2D eigenvalue weighted by atomic mass is 79.9. The first-order valence-corrected chi connectivity index (χ1v) is 11.0. The Balaban J connectivity index is 1.22. The van der Waals surface area contributed by atoms with Crippen LogP contribution in [0, 0.1) is 37.0 Å². The van der Waals surface area contributed by atoms with Crippen LogP contribution in [0.2, 0.25) is 0 Å². The Morgan fingerprint density at radius 2 is 1.86 bits per heavy atom. The van der Waals surface area contributed by atoms with E-state index >= 15 is 0 Å². The van der Waals surface area contributed by atoms with Gasteiger partial charge in [-0.15, -0.1) is 0 Å². The van der Waals surface area contributed by atoms with Gasteiger partial charge in [0.05, 0.1) is 15.9 Å². The molecular formula is C20H26BrN5O2. The lowest BCUT2D eigenvalue weighted by molar-refractivity contribution is -0.0504. The van der Waals surface area contributed by atoms with E-state index in [0.29, 0.717) is 17.8 Å². The van der Waals surface area contributed by atoms with E-state index < -0.39 is 0 Å². The molecule has 28 heavy (non-hydrogen) atoms. The Hall–Kier alpha value is -1.70. The topological polar surface area (TPSA) is 85.8 Å². The zero-order valence-corrected chi connectivity index (χ0v) is 18.0. The van der Waals surface area contributed by atoms with E-state index in [-0.39, 0.29) is 11.8 Å². The minimum absolute atomic E-state index is 0.0420. The zero-order valence-electron chi connectivity index (χ0n) is 16.4. The van der Waals surface area contributed by atoms with Crippen LogP contribution in [0.15, 0.2) is 9.00 Å². The summed E-state index contributed by atoms with van der Waals surface area (Å²) in [5.41, 5.74) is 2.20. The molecule has 1 amide bonds. The lowest BCUT2D eigenvalue weighted by Gasteiger charge is -2.56. The summed E-state index contributed by atoms with van der Waals surface area (Å²) in [7, 11) is 0. The van der Waals surface area contributed by atoms with Crippen molar-refractivity contribution in [1.29, 1.82) is 0 Å². The molecule has 0 unspecified atom stereocenters. The lowest BCUT2D eigenvalue weighted by Crippen LogP contribution is -2.51. The molecule has 2 aromatic heterocycles. The third kappa shape index (κ3) is 3.19. The normalized spacial score (nSPS) is 30.8. The highest BCUT2D eigenvalue weighted by Gasteiger charge is 2.50. The largest absolute Gasteiger partial charge is 0.347 e. The van der Waals surface area contributed by atoms with E-state index in [1.807, 2.05) is 13.8 Å². The molecule has 0 spiro atoms. The van der Waals surface area contributed by atoms with Crippen LogP contribution >= 0.6 is 15.9 Å². The Morgan fingerprint density at radius 3 is 2.43 bits per heavy atom. The maximum absolute atomic E-state index is 12.6. The third-order valence-electron chi connectivity index (χ3n) is 7.04. The number of hydrogen-bond acceptors (Lipinski definition) is 5. The number of nitrogens with one attached hydrogen (secondary N) is 1. The quantitative estimate of drug-likeness (QED) is 0.755. The number of halogens is 1. The van der Waals surface area contributed by atoms with E-state index in [2.05, 4.69) is 36.5 Å². The summed E-state index contributed by atoms with van der Waals surface area (Å²) in [4.78, 5) is 16.9. The van der Waals surface area contributed by atoms with Crippen molar-refractivity contribution < 1.29 is 9.32 Å². The lowest BCUT2D eigenvalue weighted by atomic mass is 9.49.